The molecule has 56 valence electrons. The molecule has 0 aliphatic heterocycles. The van der Waals surface area contributed by atoms with Crippen molar-refractivity contribution in [3.05, 3.63) is 11.6 Å². The second kappa shape index (κ2) is 2.76. The zero-order valence-corrected chi connectivity index (χ0v) is 5.70. The van der Waals surface area contributed by atoms with E-state index in [0.29, 0.717) is 11.6 Å². The number of nitrogens with two attached hydrogens (primary N) is 1. The highest BCUT2D eigenvalue weighted by Crippen LogP contribution is 2.00. The van der Waals surface area contributed by atoms with E-state index in [9.17, 15) is 0 Å². The molecule has 0 saturated heterocycles. The number of nitrogens with zero attached hydrogens (tertiary/aromatic N) is 2. The van der Waals surface area contributed by atoms with Crippen LogP contribution in [0.15, 0.2) is 0 Å². The predicted octanol–water partition coefficient (Wildman–Crippen LogP) is -0.895. The molecular weight excluding hydrogens is 132 g/mol. The van der Waals surface area contributed by atoms with Crippen LogP contribution >= 0.6 is 0 Å². The molecule has 0 saturated carbocycles. The number of aryl methyl sites for hydroxylation is 1. The third kappa shape index (κ3) is 1.31. The van der Waals surface area contributed by atoms with Crippen LogP contribution in [0.2, 0.25) is 0 Å². The van der Waals surface area contributed by atoms with Gasteiger partial charge in [-0.05, 0) is 6.92 Å². The van der Waals surface area contributed by atoms with Gasteiger partial charge in [-0.25, -0.2) is 4.98 Å². The summed E-state index contributed by atoms with van der Waals surface area (Å²) in [6.45, 7) is 1.65. The molecule has 4 N–H and O–H groups in total. The molecular formula is C5H10N4O. The Balaban J connectivity index is 2.74. The lowest BCUT2D eigenvalue weighted by Gasteiger charge is -1.99. The molecule has 0 aromatic carbocycles. The molecule has 0 radical (unpaired) electrons. The van der Waals surface area contributed by atoms with E-state index in [4.69, 9.17) is 10.8 Å². The summed E-state index contributed by atoms with van der Waals surface area (Å²) in [5, 5.41) is 15.0. The first-order valence-corrected chi connectivity index (χ1v) is 2.99. The average molecular weight is 142 g/mol. The number of rotatable bonds is 2. The Morgan fingerprint density at radius 3 is 2.90 bits per heavy atom. The first-order valence-electron chi connectivity index (χ1n) is 2.99. The summed E-state index contributed by atoms with van der Waals surface area (Å²) < 4.78 is 0. The van der Waals surface area contributed by atoms with E-state index in [1.165, 1.54) is 0 Å². The van der Waals surface area contributed by atoms with Crippen LogP contribution < -0.4 is 5.73 Å². The molecule has 1 rings (SSSR count). The van der Waals surface area contributed by atoms with E-state index in [0.717, 1.165) is 0 Å². The Morgan fingerprint density at radius 2 is 2.50 bits per heavy atom. The van der Waals surface area contributed by atoms with Crippen LogP contribution in [0.25, 0.3) is 0 Å². The molecule has 0 aliphatic rings. The minimum absolute atomic E-state index is 0.128. The Kier molecular flexibility index (Phi) is 1.98. The van der Waals surface area contributed by atoms with Crippen molar-refractivity contribution in [2.45, 2.75) is 13.0 Å². The molecule has 1 heterocycles. The normalized spacial score (nSPS) is 13.5. The van der Waals surface area contributed by atoms with Crippen LogP contribution in [-0.4, -0.2) is 26.9 Å². The lowest BCUT2D eigenvalue weighted by Crippen LogP contribution is -2.16. The molecule has 1 atom stereocenters. The molecule has 0 spiro atoms. The van der Waals surface area contributed by atoms with Crippen molar-refractivity contribution < 1.29 is 5.11 Å². The molecule has 0 aliphatic carbocycles. The van der Waals surface area contributed by atoms with Gasteiger partial charge in [0.05, 0.1) is 12.6 Å². The van der Waals surface area contributed by atoms with Crippen molar-refractivity contribution in [1.29, 1.82) is 0 Å². The molecule has 0 bridgehead atoms. The van der Waals surface area contributed by atoms with Gasteiger partial charge >= 0.3 is 0 Å². The van der Waals surface area contributed by atoms with Gasteiger partial charge in [0, 0.05) is 0 Å². The van der Waals surface area contributed by atoms with Crippen molar-refractivity contribution >= 4 is 0 Å². The topological polar surface area (TPSA) is 87.8 Å². The highest BCUT2D eigenvalue weighted by molar-refractivity contribution is 4.93. The third-order valence-corrected chi connectivity index (χ3v) is 1.14. The number of hydrogen-bond acceptors (Lipinski definition) is 4. The summed E-state index contributed by atoms with van der Waals surface area (Å²) in [6, 6.07) is -0.468. The zero-order valence-electron chi connectivity index (χ0n) is 5.70. The van der Waals surface area contributed by atoms with Crippen LogP contribution in [0.3, 0.4) is 0 Å². The van der Waals surface area contributed by atoms with Crippen molar-refractivity contribution in [2.24, 2.45) is 5.73 Å². The summed E-state index contributed by atoms with van der Waals surface area (Å²) in [5.41, 5.74) is 5.41. The maximum absolute atomic E-state index is 8.58. The summed E-state index contributed by atoms with van der Waals surface area (Å²) in [4.78, 5) is 3.93. The predicted molar refractivity (Wildman–Crippen MR) is 35.1 cm³/mol. The zero-order chi connectivity index (χ0) is 7.56. The number of aliphatic hydroxyl groups excluding tert-OH is 1. The van der Waals surface area contributed by atoms with Gasteiger partial charge in [-0.3, -0.25) is 5.10 Å². The number of aromatic amines is 1. The van der Waals surface area contributed by atoms with Gasteiger partial charge in [-0.2, -0.15) is 5.10 Å². The van der Waals surface area contributed by atoms with E-state index < -0.39 is 6.04 Å². The van der Waals surface area contributed by atoms with Crippen molar-refractivity contribution in [3.8, 4) is 0 Å². The summed E-state index contributed by atoms with van der Waals surface area (Å²) in [7, 11) is 0. The number of H-pyrrole nitrogens is 1. The second-order valence-electron chi connectivity index (χ2n) is 2.07. The fourth-order valence-electron chi connectivity index (χ4n) is 0.607. The first kappa shape index (κ1) is 7.17. The van der Waals surface area contributed by atoms with Crippen molar-refractivity contribution in [1.82, 2.24) is 15.2 Å². The minimum atomic E-state index is -0.468. The SMILES string of the molecule is Cc1nc(C(N)CO)n[nH]1. The van der Waals surface area contributed by atoms with E-state index >= 15 is 0 Å². The van der Waals surface area contributed by atoms with Crippen molar-refractivity contribution in [2.75, 3.05) is 6.61 Å². The Morgan fingerprint density at radius 1 is 1.80 bits per heavy atom. The Hall–Kier alpha value is -0.940. The lowest BCUT2D eigenvalue weighted by molar-refractivity contribution is 0.263. The van der Waals surface area contributed by atoms with Crippen molar-refractivity contribution in [3.63, 3.8) is 0 Å². The Labute approximate surface area is 58.3 Å². The average Bonchev–Trinajstić information content (AvgIpc) is 2.34. The number of nitrogens with one attached hydrogen (secondary N) is 1. The van der Waals surface area contributed by atoms with Gasteiger partial charge in [0.25, 0.3) is 0 Å². The molecule has 10 heavy (non-hydrogen) atoms. The molecule has 5 heteroatoms. The number of aliphatic hydroxyl groups is 1. The smallest absolute Gasteiger partial charge is 0.169 e. The van der Waals surface area contributed by atoms with E-state index in [1.54, 1.807) is 6.92 Å². The van der Waals surface area contributed by atoms with Gasteiger partial charge in [0.15, 0.2) is 5.82 Å². The van der Waals surface area contributed by atoms with Gasteiger partial charge in [-0.1, -0.05) is 0 Å². The van der Waals surface area contributed by atoms with Crippen LogP contribution in [-0.2, 0) is 0 Å². The standard InChI is InChI=1S/C5H10N4O/c1-3-7-5(9-8-3)4(6)2-10/h4,10H,2,6H2,1H3,(H,7,8,9). The highest BCUT2D eigenvalue weighted by atomic mass is 16.3. The Bertz CT molecular complexity index is 209. The minimum Gasteiger partial charge on any atom is -0.394 e. The van der Waals surface area contributed by atoms with E-state index in [2.05, 4.69) is 15.2 Å². The van der Waals surface area contributed by atoms with Crippen LogP contribution in [0.4, 0.5) is 0 Å². The second-order valence-corrected chi connectivity index (χ2v) is 2.07. The first-order chi connectivity index (χ1) is 4.74. The molecule has 0 fully saturated rings. The quantitative estimate of drug-likeness (QED) is 0.499. The third-order valence-electron chi connectivity index (χ3n) is 1.14. The number of aromatic nitrogens is 3. The van der Waals surface area contributed by atoms with Gasteiger partial charge in [0.2, 0.25) is 0 Å². The fourth-order valence-corrected chi connectivity index (χ4v) is 0.607. The number of hydrogen-bond donors (Lipinski definition) is 3. The highest BCUT2D eigenvalue weighted by Gasteiger charge is 2.08. The molecule has 1 aromatic heterocycles. The summed E-state index contributed by atoms with van der Waals surface area (Å²) in [6.07, 6.45) is 0. The molecule has 5 nitrogen and oxygen atoms in total. The van der Waals surface area contributed by atoms with Gasteiger partial charge in [-0.15, -0.1) is 0 Å². The van der Waals surface area contributed by atoms with E-state index in [-0.39, 0.29) is 6.61 Å². The molecule has 1 aromatic rings. The van der Waals surface area contributed by atoms with E-state index in [1.807, 2.05) is 0 Å². The maximum atomic E-state index is 8.58. The van der Waals surface area contributed by atoms with Crippen LogP contribution in [0.1, 0.15) is 17.7 Å². The molecule has 0 amide bonds. The molecule has 1 unspecified atom stereocenters. The van der Waals surface area contributed by atoms with Crippen LogP contribution in [0, 0.1) is 6.92 Å². The maximum Gasteiger partial charge on any atom is 0.169 e. The fraction of sp³-hybridized carbons (Fsp3) is 0.600. The summed E-state index contributed by atoms with van der Waals surface area (Å²) in [5.74, 6) is 1.17. The van der Waals surface area contributed by atoms with Gasteiger partial charge < -0.3 is 10.8 Å². The summed E-state index contributed by atoms with van der Waals surface area (Å²) >= 11 is 0. The lowest BCUT2D eigenvalue weighted by atomic mass is 10.3. The van der Waals surface area contributed by atoms with Crippen LogP contribution in [0.5, 0.6) is 0 Å². The van der Waals surface area contributed by atoms with Gasteiger partial charge in [0.1, 0.15) is 5.82 Å². The monoisotopic (exact) mass is 142 g/mol. The largest absolute Gasteiger partial charge is 0.394 e.